The second-order valence-electron chi connectivity index (χ2n) is 3.72. The lowest BCUT2D eigenvalue weighted by Crippen LogP contribution is -2.29. The number of methoxy groups -OCH3 is 1. The molecule has 78 valence electrons. The molecule has 1 aliphatic heterocycles. The summed E-state index contributed by atoms with van der Waals surface area (Å²) in [7, 11) is 1.73. The van der Waals surface area contributed by atoms with Crippen molar-refractivity contribution in [3.63, 3.8) is 0 Å². The molecule has 1 N–H and O–H groups in total. The zero-order chi connectivity index (χ0) is 9.52. The molecule has 0 saturated carbocycles. The van der Waals surface area contributed by atoms with Crippen LogP contribution in [0.5, 0.6) is 0 Å². The fourth-order valence-electron chi connectivity index (χ4n) is 1.55. The summed E-state index contributed by atoms with van der Waals surface area (Å²) in [6.45, 7) is 4.90. The van der Waals surface area contributed by atoms with E-state index in [0.29, 0.717) is 12.1 Å². The minimum atomic E-state index is 0.322. The highest BCUT2D eigenvalue weighted by Crippen LogP contribution is 2.07. The minimum Gasteiger partial charge on any atom is -0.385 e. The van der Waals surface area contributed by atoms with Gasteiger partial charge in [-0.1, -0.05) is 0 Å². The van der Waals surface area contributed by atoms with E-state index in [2.05, 4.69) is 12.2 Å². The maximum atomic E-state index is 5.69. The molecular weight excluding hydrogens is 166 g/mol. The smallest absolute Gasteiger partial charge is 0.0623 e. The van der Waals surface area contributed by atoms with Crippen molar-refractivity contribution < 1.29 is 9.47 Å². The summed E-state index contributed by atoms with van der Waals surface area (Å²) < 4.78 is 10.7. The highest BCUT2D eigenvalue weighted by molar-refractivity contribution is 4.73. The van der Waals surface area contributed by atoms with E-state index < -0.39 is 0 Å². The van der Waals surface area contributed by atoms with Crippen LogP contribution in [0.4, 0.5) is 0 Å². The molecule has 2 unspecified atom stereocenters. The number of nitrogens with one attached hydrogen (secondary N) is 1. The highest BCUT2D eigenvalue weighted by atomic mass is 16.5. The molecule has 0 bridgehead atoms. The molecule has 0 spiro atoms. The van der Waals surface area contributed by atoms with Gasteiger partial charge in [0.1, 0.15) is 0 Å². The van der Waals surface area contributed by atoms with Crippen LogP contribution in [0.25, 0.3) is 0 Å². The molecule has 0 aliphatic carbocycles. The zero-order valence-corrected chi connectivity index (χ0v) is 8.71. The third-order valence-electron chi connectivity index (χ3n) is 2.47. The van der Waals surface area contributed by atoms with Crippen molar-refractivity contribution in [3.05, 3.63) is 0 Å². The van der Waals surface area contributed by atoms with Crippen molar-refractivity contribution in [3.8, 4) is 0 Å². The van der Waals surface area contributed by atoms with E-state index >= 15 is 0 Å². The van der Waals surface area contributed by atoms with Gasteiger partial charge >= 0.3 is 0 Å². The van der Waals surface area contributed by atoms with Gasteiger partial charge in [-0.2, -0.15) is 0 Å². The molecule has 2 atom stereocenters. The van der Waals surface area contributed by atoms with Gasteiger partial charge in [-0.25, -0.2) is 0 Å². The Morgan fingerprint density at radius 3 is 3.00 bits per heavy atom. The average molecular weight is 187 g/mol. The number of rotatable bonds is 6. The molecule has 1 fully saturated rings. The van der Waals surface area contributed by atoms with Crippen LogP contribution >= 0.6 is 0 Å². The summed E-state index contributed by atoms with van der Waals surface area (Å²) in [5.74, 6) is 0. The van der Waals surface area contributed by atoms with E-state index in [0.717, 1.165) is 26.2 Å². The Kier molecular flexibility index (Phi) is 5.35. The molecule has 1 rings (SSSR count). The lowest BCUT2D eigenvalue weighted by Gasteiger charge is -2.16. The molecule has 1 aliphatic rings. The van der Waals surface area contributed by atoms with Crippen LogP contribution in [0.2, 0.25) is 0 Å². The van der Waals surface area contributed by atoms with Crippen molar-refractivity contribution in [1.29, 1.82) is 0 Å². The number of hydrogen-bond acceptors (Lipinski definition) is 3. The summed E-state index contributed by atoms with van der Waals surface area (Å²) in [4.78, 5) is 0. The molecule has 13 heavy (non-hydrogen) atoms. The quantitative estimate of drug-likeness (QED) is 0.677. The molecule has 1 saturated heterocycles. The van der Waals surface area contributed by atoms with Crippen LogP contribution in [-0.2, 0) is 9.47 Å². The van der Waals surface area contributed by atoms with E-state index in [-0.39, 0.29) is 0 Å². The molecular formula is C10H21NO2. The first-order valence-electron chi connectivity index (χ1n) is 5.17. The van der Waals surface area contributed by atoms with Crippen LogP contribution < -0.4 is 5.32 Å². The lowest BCUT2D eigenvalue weighted by atomic mass is 10.2. The van der Waals surface area contributed by atoms with Crippen molar-refractivity contribution in [2.45, 2.75) is 38.3 Å². The van der Waals surface area contributed by atoms with Crippen LogP contribution in [-0.4, -0.2) is 39.0 Å². The fourth-order valence-corrected chi connectivity index (χ4v) is 1.55. The van der Waals surface area contributed by atoms with Gasteiger partial charge in [0.15, 0.2) is 0 Å². The van der Waals surface area contributed by atoms with Crippen molar-refractivity contribution >= 4 is 0 Å². The molecule has 0 aromatic carbocycles. The third-order valence-corrected chi connectivity index (χ3v) is 2.47. The maximum absolute atomic E-state index is 5.69. The fraction of sp³-hybridized carbons (Fsp3) is 1.00. The first kappa shape index (κ1) is 11.0. The van der Waals surface area contributed by atoms with Crippen LogP contribution in [0.3, 0.4) is 0 Å². The van der Waals surface area contributed by atoms with Crippen LogP contribution in [0.15, 0.2) is 0 Å². The maximum Gasteiger partial charge on any atom is 0.0623 e. The van der Waals surface area contributed by atoms with E-state index in [1.807, 2.05) is 0 Å². The number of ether oxygens (including phenoxy) is 2. The topological polar surface area (TPSA) is 30.5 Å². The van der Waals surface area contributed by atoms with Gasteiger partial charge in [0.2, 0.25) is 0 Å². The molecule has 0 radical (unpaired) electrons. The normalized spacial score (nSPS) is 24.9. The average Bonchev–Trinajstić information content (AvgIpc) is 2.64. The second-order valence-corrected chi connectivity index (χ2v) is 3.72. The van der Waals surface area contributed by atoms with Gasteiger partial charge in [-0.15, -0.1) is 0 Å². The Bertz CT molecular complexity index is 124. The van der Waals surface area contributed by atoms with Gasteiger partial charge in [0.05, 0.1) is 12.7 Å². The summed E-state index contributed by atoms with van der Waals surface area (Å²) in [5, 5.41) is 3.41. The van der Waals surface area contributed by atoms with Crippen LogP contribution in [0.1, 0.15) is 26.2 Å². The highest BCUT2D eigenvalue weighted by Gasteiger charge is 2.14. The van der Waals surface area contributed by atoms with Gasteiger partial charge in [0.25, 0.3) is 0 Å². The van der Waals surface area contributed by atoms with Crippen LogP contribution in [0, 0.1) is 0 Å². The first-order valence-corrected chi connectivity index (χ1v) is 5.17. The van der Waals surface area contributed by atoms with E-state index in [9.17, 15) is 0 Å². The van der Waals surface area contributed by atoms with Crippen molar-refractivity contribution in [2.24, 2.45) is 0 Å². The Morgan fingerprint density at radius 2 is 2.38 bits per heavy atom. The second kappa shape index (κ2) is 6.35. The molecule has 1 heterocycles. The van der Waals surface area contributed by atoms with Crippen molar-refractivity contribution in [2.75, 3.05) is 26.9 Å². The third kappa shape index (κ3) is 4.60. The van der Waals surface area contributed by atoms with E-state index in [4.69, 9.17) is 9.47 Å². The summed E-state index contributed by atoms with van der Waals surface area (Å²) in [5.41, 5.74) is 0. The predicted molar refractivity (Wildman–Crippen MR) is 52.9 cm³/mol. The Morgan fingerprint density at radius 1 is 1.54 bits per heavy atom. The first-order chi connectivity index (χ1) is 6.33. The van der Waals surface area contributed by atoms with E-state index in [1.165, 1.54) is 12.8 Å². The van der Waals surface area contributed by atoms with Gasteiger partial charge in [-0.3, -0.25) is 0 Å². The van der Waals surface area contributed by atoms with Gasteiger partial charge in [0, 0.05) is 19.8 Å². The zero-order valence-electron chi connectivity index (χ0n) is 8.71. The predicted octanol–water partition coefficient (Wildman–Crippen LogP) is 1.18. The lowest BCUT2D eigenvalue weighted by molar-refractivity contribution is 0.0310. The Balaban J connectivity index is 1.97. The largest absolute Gasteiger partial charge is 0.385 e. The van der Waals surface area contributed by atoms with E-state index in [1.54, 1.807) is 7.11 Å². The summed E-state index contributed by atoms with van der Waals surface area (Å²) >= 11 is 0. The number of hydrogen-bond donors (Lipinski definition) is 1. The summed E-state index contributed by atoms with van der Waals surface area (Å²) in [6.07, 6.45) is 3.86. The minimum absolute atomic E-state index is 0.322. The van der Waals surface area contributed by atoms with Crippen molar-refractivity contribution in [1.82, 2.24) is 5.32 Å². The Labute approximate surface area is 80.8 Å². The molecule has 0 aromatic heterocycles. The van der Waals surface area contributed by atoms with Gasteiger partial charge in [-0.05, 0) is 32.7 Å². The van der Waals surface area contributed by atoms with Gasteiger partial charge < -0.3 is 14.8 Å². The molecule has 0 amide bonds. The molecule has 3 heteroatoms. The Hall–Kier alpha value is -0.120. The monoisotopic (exact) mass is 187 g/mol. The SMILES string of the molecule is COCCC(C)OCC1CCCN1. The standard InChI is InChI=1S/C10H21NO2/c1-9(5-7-12-2)13-8-10-4-3-6-11-10/h9-11H,3-8H2,1-2H3. The molecule has 3 nitrogen and oxygen atoms in total. The molecule has 0 aromatic rings. The summed E-state index contributed by atoms with van der Waals surface area (Å²) in [6, 6.07) is 0.588.